The molecule has 3 amide bonds. The van der Waals surface area contributed by atoms with Crippen LogP contribution in [-0.2, 0) is 25.6 Å². The van der Waals surface area contributed by atoms with Crippen LogP contribution in [0, 0.1) is 5.92 Å². The molecule has 0 saturated carbocycles. The number of aliphatic imine (C=N–C) groups is 1. The van der Waals surface area contributed by atoms with Gasteiger partial charge in [-0.05, 0) is 32.1 Å². The van der Waals surface area contributed by atoms with E-state index >= 15 is 0 Å². The highest BCUT2D eigenvalue weighted by molar-refractivity contribution is 5.94. The second kappa shape index (κ2) is 15.4. The summed E-state index contributed by atoms with van der Waals surface area (Å²) in [4.78, 5) is 60.6. The van der Waals surface area contributed by atoms with Crippen LogP contribution in [0.25, 0.3) is 0 Å². The third-order valence-electron chi connectivity index (χ3n) is 5.30. The number of aliphatic hydroxyl groups is 1. The number of guanidine groups is 1. The number of hydrogen-bond donors (Lipinski definition) is 9. The van der Waals surface area contributed by atoms with E-state index in [2.05, 4.69) is 30.9 Å². The summed E-state index contributed by atoms with van der Waals surface area (Å²) < 4.78 is 0. The van der Waals surface area contributed by atoms with E-state index in [0.717, 1.165) is 0 Å². The molecule has 0 aliphatic heterocycles. The number of aromatic amines is 1. The SMILES string of the molecule is CC(C)CC(N)C(=O)NC(C(=O)NC(CCCN=C(N)N)C(=O)NC(Cc1cnc[nH]1)C(=O)O)C(C)O. The van der Waals surface area contributed by atoms with E-state index in [1.54, 1.807) is 0 Å². The number of imidazole rings is 1. The van der Waals surface area contributed by atoms with Crippen LogP contribution in [0.15, 0.2) is 17.5 Å². The molecule has 1 heterocycles. The van der Waals surface area contributed by atoms with Crippen LogP contribution in [0.4, 0.5) is 0 Å². The van der Waals surface area contributed by atoms with Gasteiger partial charge in [0, 0.05) is 24.9 Å². The lowest BCUT2D eigenvalue weighted by molar-refractivity contribution is -0.142. The fourth-order valence-corrected chi connectivity index (χ4v) is 3.40. The first-order valence-electron chi connectivity index (χ1n) is 11.9. The van der Waals surface area contributed by atoms with Gasteiger partial charge in [0.2, 0.25) is 17.7 Å². The second-order valence-corrected chi connectivity index (χ2v) is 9.15. The molecule has 208 valence electrons. The Kier molecular flexibility index (Phi) is 13.0. The van der Waals surface area contributed by atoms with Crippen LogP contribution in [0.5, 0.6) is 0 Å². The Labute approximate surface area is 215 Å². The van der Waals surface area contributed by atoms with Gasteiger partial charge in [0.15, 0.2) is 5.96 Å². The summed E-state index contributed by atoms with van der Waals surface area (Å²) in [5.74, 6) is -3.57. The third kappa shape index (κ3) is 11.7. The van der Waals surface area contributed by atoms with Gasteiger partial charge < -0.3 is 48.3 Å². The number of hydrogen-bond acceptors (Lipinski definition) is 8. The average molecular weight is 526 g/mol. The number of carbonyl (C=O) groups excluding carboxylic acids is 3. The topological polar surface area (TPSA) is 264 Å². The number of amides is 3. The molecule has 0 aromatic carbocycles. The zero-order valence-electron chi connectivity index (χ0n) is 21.3. The van der Waals surface area contributed by atoms with Crippen molar-refractivity contribution in [3.05, 3.63) is 18.2 Å². The molecule has 0 bridgehead atoms. The summed E-state index contributed by atoms with van der Waals surface area (Å²) in [7, 11) is 0. The molecule has 0 aliphatic rings. The molecule has 5 atom stereocenters. The summed E-state index contributed by atoms with van der Waals surface area (Å²) in [6.07, 6.45) is 2.08. The van der Waals surface area contributed by atoms with Gasteiger partial charge in [0.05, 0.1) is 18.5 Å². The molecule has 1 aromatic heterocycles. The summed E-state index contributed by atoms with van der Waals surface area (Å²) in [6, 6.07) is -4.83. The van der Waals surface area contributed by atoms with Crippen LogP contribution in [0.2, 0.25) is 0 Å². The smallest absolute Gasteiger partial charge is 0.326 e. The Morgan fingerprint density at radius 3 is 2.22 bits per heavy atom. The van der Waals surface area contributed by atoms with Gasteiger partial charge in [-0.2, -0.15) is 0 Å². The highest BCUT2D eigenvalue weighted by Crippen LogP contribution is 2.06. The van der Waals surface area contributed by atoms with Crippen molar-refractivity contribution in [1.29, 1.82) is 0 Å². The number of carbonyl (C=O) groups is 4. The minimum Gasteiger partial charge on any atom is -0.480 e. The lowest BCUT2D eigenvalue weighted by atomic mass is 10.0. The van der Waals surface area contributed by atoms with Gasteiger partial charge in [0.25, 0.3) is 0 Å². The summed E-state index contributed by atoms with van der Waals surface area (Å²) in [5.41, 5.74) is 17.0. The lowest BCUT2D eigenvalue weighted by Crippen LogP contribution is -2.60. The molecule has 15 nitrogen and oxygen atoms in total. The molecule has 0 spiro atoms. The van der Waals surface area contributed by atoms with E-state index in [1.165, 1.54) is 19.4 Å². The predicted octanol–water partition coefficient (Wildman–Crippen LogP) is -2.70. The third-order valence-corrected chi connectivity index (χ3v) is 5.30. The van der Waals surface area contributed by atoms with Crippen LogP contribution in [0.3, 0.4) is 0 Å². The van der Waals surface area contributed by atoms with Crippen molar-refractivity contribution in [2.24, 2.45) is 28.1 Å². The standard InChI is InChI=1S/C22H39N9O6/c1-11(2)7-14(23)18(33)31-17(12(3)32)20(35)29-15(5-4-6-27-22(24)25)19(34)30-16(21(36)37)8-13-9-26-10-28-13/h9-12,14-17,32H,4-8,23H2,1-3H3,(H,26,28)(H,29,35)(H,30,34)(H,31,33)(H,36,37)(H4,24,25,27). The zero-order valence-corrected chi connectivity index (χ0v) is 21.3. The number of H-pyrrole nitrogens is 1. The van der Waals surface area contributed by atoms with E-state index < -0.39 is 54.0 Å². The number of nitrogens with two attached hydrogens (primary N) is 3. The first kappa shape index (κ1) is 31.3. The number of carboxylic acids is 1. The predicted molar refractivity (Wildman–Crippen MR) is 135 cm³/mol. The second-order valence-electron chi connectivity index (χ2n) is 9.15. The van der Waals surface area contributed by atoms with E-state index in [0.29, 0.717) is 12.1 Å². The first-order chi connectivity index (χ1) is 17.3. The molecular formula is C22H39N9O6. The quantitative estimate of drug-likeness (QED) is 0.0612. The van der Waals surface area contributed by atoms with Gasteiger partial charge >= 0.3 is 5.97 Å². The number of rotatable bonds is 16. The van der Waals surface area contributed by atoms with Gasteiger partial charge in [-0.15, -0.1) is 0 Å². The molecule has 0 saturated heterocycles. The number of aliphatic carboxylic acids is 1. The van der Waals surface area contributed by atoms with Crippen molar-refractivity contribution >= 4 is 29.7 Å². The number of nitrogens with one attached hydrogen (secondary N) is 4. The molecular weight excluding hydrogens is 486 g/mol. The monoisotopic (exact) mass is 525 g/mol. The molecule has 12 N–H and O–H groups in total. The maximum absolute atomic E-state index is 13.0. The van der Waals surface area contributed by atoms with Crippen molar-refractivity contribution in [2.45, 2.75) is 76.7 Å². The summed E-state index contributed by atoms with van der Waals surface area (Å²) in [5, 5.41) is 27.0. The van der Waals surface area contributed by atoms with Crippen molar-refractivity contribution in [3.63, 3.8) is 0 Å². The van der Waals surface area contributed by atoms with Crippen molar-refractivity contribution in [1.82, 2.24) is 25.9 Å². The lowest BCUT2D eigenvalue weighted by Gasteiger charge is -2.26. The van der Waals surface area contributed by atoms with E-state index in [4.69, 9.17) is 17.2 Å². The van der Waals surface area contributed by atoms with E-state index in [9.17, 15) is 29.4 Å². The molecule has 0 fully saturated rings. The Hall–Kier alpha value is -3.72. The van der Waals surface area contributed by atoms with Crippen LogP contribution < -0.4 is 33.2 Å². The number of aromatic nitrogens is 2. The van der Waals surface area contributed by atoms with Crippen LogP contribution in [0.1, 0.15) is 45.7 Å². The first-order valence-corrected chi connectivity index (χ1v) is 11.9. The maximum Gasteiger partial charge on any atom is 0.326 e. The molecule has 1 aromatic rings. The highest BCUT2D eigenvalue weighted by Gasteiger charge is 2.32. The Morgan fingerprint density at radius 2 is 1.70 bits per heavy atom. The van der Waals surface area contributed by atoms with Crippen LogP contribution in [-0.4, -0.2) is 86.6 Å². The largest absolute Gasteiger partial charge is 0.480 e. The molecule has 37 heavy (non-hydrogen) atoms. The van der Waals surface area contributed by atoms with E-state index in [-0.39, 0.29) is 37.7 Å². The fraction of sp³-hybridized carbons (Fsp3) is 0.636. The van der Waals surface area contributed by atoms with Gasteiger partial charge in [-0.3, -0.25) is 19.4 Å². The Bertz CT molecular complexity index is 916. The highest BCUT2D eigenvalue weighted by atomic mass is 16.4. The van der Waals surface area contributed by atoms with Gasteiger partial charge in [0.1, 0.15) is 18.1 Å². The average Bonchev–Trinajstić information content (AvgIpc) is 3.30. The number of aliphatic hydroxyl groups excluding tert-OH is 1. The zero-order chi connectivity index (χ0) is 28.1. The van der Waals surface area contributed by atoms with Crippen LogP contribution >= 0.6 is 0 Å². The maximum atomic E-state index is 13.0. The minimum atomic E-state index is -1.40. The van der Waals surface area contributed by atoms with Gasteiger partial charge in [-0.25, -0.2) is 9.78 Å². The molecule has 0 aliphatic carbocycles. The van der Waals surface area contributed by atoms with Crippen molar-refractivity contribution in [2.75, 3.05) is 6.54 Å². The van der Waals surface area contributed by atoms with Crippen molar-refractivity contribution < 1.29 is 29.4 Å². The Morgan fingerprint density at radius 1 is 1.05 bits per heavy atom. The van der Waals surface area contributed by atoms with Gasteiger partial charge in [-0.1, -0.05) is 13.8 Å². The molecule has 0 radical (unpaired) electrons. The van der Waals surface area contributed by atoms with Crippen molar-refractivity contribution in [3.8, 4) is 0 Å². The fourth-order valence-electron chi connectivity index (χ4n) is 3.40. The minimum absolute atomic E-state index is 0.0398. The Balaban J connectivity index is 3.00. The summed E-state index contributed by atoms with van der Waals surface area (Å²) in [6.45, 7) is 5.22. The number of carboxylic acid groups (broad SMARTS) is 1. The van der Waals surface area contributed by atoms with E-state index in [1.807, 2.05) is 13.8 Å². The normalized spacial score (nSPS) is 15.1. The molecule has 5 unspecified atom stereocenters. The number of nitrogens with zero attached hydrogens (tertiary/aromatic N) is 2. The molecule has 1 rings (SSSR count). The molecule has 15 heteroatoms. The summed E-state index contributed by atoms with van der Waals surface area (Å²) >= 11 is 0.